The van der Waals surface area contributed by atoms with Crippen molar-refractivity contribution >= 4 is 13.7 Å². The van der Waals surface area contributed by atoms with Gasteiger partial charge < -0.3 is 20.2 Å². The van der Waals surface area contributed by atoms with E-state index in [-0.39, 0.29) is 6.04 Å². The molecule has 1 fully saturated rings. The fourth-order valence-corrected chi connectivity index (χ4v) is 1.30. The van der Waals surface area contributed by atoms with Crippen LogP contribution in [0.2, 0.25) is 0 Å². The maximum absolute atomic E-state index is 9.99. The van der Waals surface area contributed by atoms with E-state index in [0.717, 1.165) is 13.0 Å². The maximum atomic E-state index is 9.99. The van der Waals surface area contributed by atoms with E-state index in [1.165, 1.54) is 13.7 Å². The van der Waals surface area contributed by atoms with Crippen molar-refractivity contribution in [2.24, 2.45) is 10.7 Å². The lowest BCUT2D eigenvalue weighted by atomic mass is 9.83. The summed E-state index contributed by atoms with van der Waals surface area (Å²) in [6.45, 7) is 8.46. The minimum atomic E-state index is -0.959. The van der Waals surface area contributed by atoms with E-state index in [0.29, 0.717) is 12.1 Å². The molecule has 3 N–H and O–H groups in total. The average molecular weight is 267 g/mol. The molecule has 1 heterocycles. The zero-order valence-corrected chi connectivity index (χ0v) is 12.2. The van der Waals surface area contributed by atoms with Crippen LogP contribution < -0.4 is 5.73 Å². The zero-order valence-electron chi connectivity index (χ0n) is 12.2. The van der Waals surface area contributed by atoms with Crippen LogP contribution in [0.25, 0.3) is 0 Å². The monoisotopic (exact) mass is 267 g/mol. The summed E-state index contributed by atoms with van der Waals surface area (Å²) in [5.41, 5.74) is 4.53. The number of nitrogens with zero attached hydrogens (tertiary/aromatic N) is 1. The molecule has 19 heavy (non-hydrogen) atoms. The summed E-state index contributed by atoms with van der Waals surface area (Å²) in [6.07, 6.45) is 4.05. The van der Waals surface area contributed by atoms with Gasteiger partial charge in [0.15, 0.2) is 0 Å². The molecular weight excluding hydrogens is 243 g/mol. The first-order chi connectivity index (χ1) is 8.76. The molecule has 0 aliphatic carbocycles. The van der Waals surface area contributed by atoms with Gasteiger partial charge in [-0.25, -0.2) is 0 Å². The van der Waals surface area contributed by atoms with Gasteiger partial charge in [-0.15, -0.1) is 0 Å². The Morgan fingerprint density at radius 3 is 2.63 bits per heavy atom. The fraction of sp³-hybridized carbons (Fsp3) is 0.769. The van der Waals surface area contributed by atoms with Crippen LogP contribution in [0, 0.1) is 0 Å². The minimum Gasteiger partial charge on any atom is -0.427 e. The van der Waals surface area contributed by atoms with Crippen molar-refractivity contribution in [2.45, 2.75) is 51.4 Å². The van der Waals surface area contributed by atoms with Gasteiger partial charge in [-0.2, -0.15) is 0 Å². The molecular formula is C13H24BN2O3. The average Bonchev–Trinajstić information content (AvgIpc) is 2.80. The van der Waals surface area contributed by atoms with Crippen molar-refractivity contribution in [3.63, 3.8) is 0 Å². The third-order valence-corrected chi connectivity index (χ3v) is 3.50. The minimum absolute atomic E-state index is 0.200. The normalized spacial score (nSPS) is 22.2. The Labute approximate surface area is 116 Å². The lowest BCUT2D eigenvalue weighted by Gasteiger charge is -2.37. The molecule has 1 atom stereocenters. The zero-order chi connectivity index (χ0) is 14.5. The fourth-order valence-electron chi connectivity index (χ4n) is 1.30. The third kappa shape index (κ3) is 4.97. The largest absolute Gasteiger partial charge is 0.427 e. The van der Waals surface area contributed by atoms with Gasteiger partial charge in [-0.1, -0.05) is 0 Å². The third-order valence-electron chi connectivity index (χ3n) is 3.50. The highest BCUT2D eigenvalue weighted by Crippen LogP contribution is 2.24. The number of hydrogen-bond donors (Lipinski definition) is 2. The van der Waals surface area contributed by atoms with Gasteiger partial charge in [0.05, 0.1) is 23.9 Å². The molecule has 0 saturated carbocycles. The molecule has 0 bridgehead atoms. The van der Waals surface area contributed by atoms with E-state index in [1.54, 1.807) is 20.1 Å². The van der Waals surface area contributed by atoms with Crippen LogP contribution in [-0.4, -0.2) is 49.3 Å². The first-order valence-electron chi connectivity index (χ1n) is 6.52. The molecule has 1 rings (SSSR count). The second-order valence-corrected chi connectivity index (χ2v) is 5.77. The first kappa shape index (κ1) is 16.2. The molecule has 1 aliphatic heterocycles. The highest BCUT2D eigenvalue weighted by molar-refractivity contribution is 6.46. The number of aliphatic imine (C=N–C) groups is 1. The Morgan fingerprint density at radius 1 is 1.47 bits per heavy atom. The van der Waals surface area contributed by atoms with Crippen LogP contribution in [0.3, 0.4) is 0 Å². The Balaban J connectivity index is 2.49. The van der Waals surface area contributed by atoms with Crippen molar-refractivity contribution < 1.29 is 14.5 Å². The Bertz CT molecular complexity index is 342. The SMILES string of the molecule is CC(C)(O)C(C)(C)O[B]/C(C=NC1CCOC1)=C/N. The molecule has 0 aromatic rings. The summed E-state index contributed by atoms with van der Waals surface area (Å²) in [7, 11) is 1.53. The van der Waals surface area contributed by atoms with E-state index in [4.69, 9.17) is 15.1 Å². The van der Waals surface area contributed by atoms with Crippen LogP contribution in [0.4, 0.5) is 0 Å². The molecule has 0 aromatic carbocycles. The lowest BCUT2D eigenvalue weighted by molar-refractivity contribution is -0.0895. The summed E-state index contributed by atoms with van der Waals surface area (Å²) in [6, 6.07) is 0.200. The van der Waals surface area contributed by atoms with E-state index in [2.05, 4.69) is 4.99 Å². The van der Waals surface area contributed by atoms with Gasteiger partial charge in [0, 0.05) is 12.8 Å². The highest BCUT2D eigenvalue weighted by atomic mass is 16.5. The molecule has 1 radical (unpaired) electrons. The molecule has 6 heteroatoms. The summed E-state index contributed by atoms with van der Waals surface area (Å²) in [4.78, 5) is 4.39. The van der Waals surface area contributed by atoms with E-state index in [1.807, 2.05) is 13.8 Å². The van der Waals surface area contributed by atoms with Crippen molar-refractivity contribution in [3.05, 3.63) is 11.7 Å². The Kier molecular flexibility index (Phi) is 5.58. The van der Waals surface area contributed by atoms with Crippen LogP contribution in [-0.2, 0) is 9.39 Å². The number of ether oxygens (including phenoxy) is 1. The van der Waals surface area contributed by atoms with Gasteiger partial charge in [0.2, 0.25) is 0 Å². The van der Waals surface area contributed by atoms with Crippen LogP contribution >= 0.6 is 0 Å². The van der Waals surface area contributed by atoms with E-state index >= 15 is 0 Å². The predicted molar refractivity (Wildman–Crippen MR) is 77.2 cm³/mol. The number of nitrogens with two attached hydrogens (primary N) is 1. The van der Waals surface area contributed by atoms with Crippen molar-refractivity contribution in [1.29, 1.82) is 0 Å². The maximum Gasteiger partial charge on any atom is 0.333 e. The lowest BCUT2D eigenvalue weighted by Crippen LogP contribution is -2.48. The summed E-state index contributed by atoms with van der Waals surface area (Å²) in [5, 5.41) is 9.99. The van der Waals surface area contributed by atoms with Crippen LogP contribution in [0.5, 0.6) is 0 Å². The van der Waals surface area contributed by atoms with Crippen LogP contribution in [0.1, 0.15) is 34.1 Å². The van der Waals surface area contributed by atoms with Crippen molar-refractivity contribution in [1.82, 2.24) is 0 Å². The van der Waals surface area contributed by atoms with Gasteiger partial charge in [-0.3, -0.25) is 4.99 Å². The van der Waals surface area contributed by atoms with Gasteiger partial charge in [0.25, 0.3) is 0 Å². The molecule has 107 valence electrons. The topological polar surface area (TPSA) is 77.1 Å². The standard InChI is InChI=1S/C13H24BN2O3/c1-12(2,17)13(3,4)19-14-10(7-15)8-16-11-5-6-18-9-11/h7-8,11,17H,5-6,9,15H2,1-4H3/b10-7+,16-8?. The Morgan fingerprint density at radius 2 is 2.16 bits per heavy atom. The molecule has 0 spiro atoms. The summed E-state index contributed by atoms with van der Waals surface area (Å²) >= 11 is 0. The number of rotatable bonds is 6. The smallest absolute Gasteiger partial charge is 0.333 e. The van der Waals surface area contributed by atoms with Gasteiger partial charge >= 0.3 is 7.48 Å². The van der Waals surface area contributed by atoms with Crippen molar-refractivity contribution in [3.8, 4) is 0 Å². The molecule has 1 saturated heterocycles. The first-order valence-corrected chi connectivity index (χ1v) is 6.52. The molecule has 0 amide bonds. The van der Waals surface area contributed by atoms with Gasteiger partial charge in [0.1, 0.15) is 0 Å². The molecule has 0 aromatic heterocycles. The second kappa shape index (κ2) is 6.54. The van der Waals surface area contributed by atoms with E-state index < -0.39 is 11.2 Å². The summed E-state index contributed by atoms with van der Waals surface area (Å²) < 4.78 is 10.9. The number of aliphatic hydroxyl groups is 1. The van der Waals surface area contributed by atoms with Gasteiger partial charge in [-0.05, 0) is 45.8 Å². The van der Waals surface area contributed by atoms with Crippen molar-refractivity contribution in [2.75, 3.05) is 13.2 Å². The number of allylic oxidation sites excluding steroid dienone is 1. The predicted octanol–water partition coefficient (Wildman–Crippen LogP) is 0.831. The Hall–Kier alpha value is -0.845. The highest BCUT2D eigenvalue weighted by Gasteiger charge is 2.35. The number of hydrogen-bond acceptors (Lipinski definition) is 5. The molecule has 1 unspecified atom stereocenters. The summed E-state index contributed by atoms with van der Waals surface area (Å²) in [5.74, 6) is 0. The van der Waals surface area contributed by atoms with Crippen LogP contribution in [0.15, 0.2) is 16.7 Å². The molecule has 5 nitrogen and oxygen atoms in total. The quantitative estimate of drug-likeness (QED) is 0.552. The second-order valence-electron chi connectivity index (χ2n) is 5.77. The van der Waals surface area contributed by atoms with E-state index in [9.17, 15) is 5.11 Å². The molecule has 1 aliphatic rings.